The van der Waals surface area contributed by atoms with Crippen molar-refractivity contribution in [1.82, 2.24) is 0 Å². The molecule has 0 atom stereocenters. The van der Waals surface area contributed by atoms with Crippen LogP contribution in [-0.4, -0.2) is 18.8 Å². The van der Waals surface area contributed by atoms with Crippen LogP contribution in [0.4, 0.5) is 0 Å². The molecule has 0 N–H and O–H groups in total. The van der Waals surface area contributed by atoms with Crippen LogP contribution >= 0.6 is 0 Å². The zero-order valence-corrected chi connectivity index (χ0v) is 6.41. The molecule has 0 aromatic rings. The normalized spacial score (nSPS) is 12.0. The summed E-state index contributed by atoms with van der Waals surface area (Å²) in [5, 5.41) is 0. The van der Waals surface area contributed by atoms with E-state index in [0.29, 0.717) is 0 Å². The Kier molecular flexibility index (Phi) is 2.03. The van der Waals surface area contributed by atoms with E-state index in [1.807, 2.05) is 0 Å². The Morgan fingerprint density at radius 3 is 1.50 bits per heavy atom. The van der Waals surface area contributed by atoms with Crippen LogP contribution in [0, 0.1) is 0 Å². The Morgan fingerprint density at radius 2 is 1.50 bits per heavy atom. The van der Waals surface area contributed by atoms with Gasteiger partial charge in [-0.1, -0.05) is 0 Å². The van der Waals surface area contributed by atoms with E-state index >= 15 is 0 Å². The van der Waals surface area contributed by atoms with Gasteiger partial charge in [-0.25, -0.2) is 0 Å². The lowest BCUT2D eigenvalue weighted by molar-refractivity contribution is 0.620. The predicted octanol–water partition coefficient (Wildman–Crippen LogP) is 0.921. The lowest BCUT2D eigenvalue weighted by Gasteiger charge is -2.10. The second-order valence-electron chi connectivity index (χ2n) is 2.21. The second kappa shape index (κ2) is 1.90. The molecule has 0 rings (SSSR count). The molecule has 6 heavy (non-hydrogen) atoms. The van der Waals surface area contributed by atoms with Crippen molar-refractivity contribution < 1.29 is 4.12 Å². The van der Waals surface area contributed by atoms with Gasteiger partial charge >= 0.3 is 0 Å². The Hall–Kier alpha value is 0.394. The van der Waals surface area contributed by atoms with Gasteiger partial charge < -0.3 is 4.12 Å². The van der Waals surface area contributed by atoms with Crippen molar-refractivity contribution in [2.45, 2.75) is 19.6 Å². The topological polar surface area (TPSA) is 9.23 Å². The first-order chi connectivity index (χ1) is 2.56. The minimum Gasteiger partial charge on any atom is -0.457 e. The van der Waals surface area contributed by atoms with Gasteiger partial charge in [-0.05, 0) is 19.6 Å². The van der Waals surface area contributed by atoms with Gasteiger partial charge in [0.15, 0.2) is 8.32 Å². The summed E-state index contributed by atoms with van der Waals surface area (Å²) < 4.78 is 4.88. The molecule has 35 valence electrons. The van der Waals surface area contributed by atoms with Crippen LogP contribution < -0.4 is 0 Å². The summed E-state index contributed by atoms with van der Waals surface area (Å²) in [6.45, 7) is 6.33. The molecule has 3 radical (unpaired) electrons. The fourth-order valence-corrected chi connectivity index (χ4v) is 0. The maximum absolute atomic E-state index is 4.88. The van der Waals surface area contributed by atoms with Gasteiger partial charge in [0.2, 0.25) is 10.5 Å². The van der Waals surface area contributed by atoms with Crippen LogP contribution in [0.15, 0.2) is 0 Å². The molecule has 0 unspecified atom stereocenters. The molecule has 0 bridgehead atoms. The molecule has 0 heterocycles. The van der Waals surface area contributed by atoms with E-state index in [9.17, 15) is 0 Å². The first kappa shape index (κ1) is 6.39. The first-order valence-corrected chi connectivity index (χ1v) is 5.72. The number of rotatable bonds is 1. The molecule has 0 saturated carbocycles. The molecular formula is C3H9OSi2. The summed E-state index contributed by atoms with van der Waals surface area (Å²) in [5.74, 6) is 0. The fourth-order valence-electron chi connectivity index (χ4n) is 0. The lowest BCUT2D eigenvalue weighted by atomic mass is 11.8. The Morgan fingerprint density at radius 1 is 1.33 bits per heavy atom. The zero-order valence-electron chi connectivity index (χ0n) is 4.41. The highest BCUT2D eigenvalue weighted by atomic mass is 28.4. The molecule has 0 amide bonds. The van der Waals surface area contributed by atoms with Crippen molar-refractivity contribution in [3.63, 3.8) is 0 Å². The van der Waals surface area contributed by atoms with Crippen LogP contribution in [0.3, 0.4) is 0 Å². The Bertz CT molecular complexity index is 38.5. The molecule has 0 fully saturated rings. The summed E-state index contributed by atoms with van der Waals surface area (Å²) in [6, 6.07) is 0. The Labute approximate surface area is 43.4 Å². The average molecular weight is 117 g/mol. The van der Waals surface area contributed by atoms with Crippen molar-refractivity contribution in [2.75, 3.05) is 0 Å². The van der Waals surface area contributed by atoms with Crippen molar-refractivity contribution in [1.29, 1.82) is 0 Å². The van der Waals surface area contributed by atoms with Crippen molar-refractivity contribution >= 4 is 18.8 Å². The van der Waals surface area contributed by atoms with E-state index in [2.05, 4.69) is 30.1 Å². The van der Waals surface area contributed by atoms with E-state index in [0.717, 1.165) is 0 Å². The molecule has 0 aliphatic heterocycles. The highest BCUT2D eigenvalue weighted by Crippen LogP contribution is 1.96. The third-order valence-electron chi connectivity index (χ3n) is 0.306. The summed E-state index contributed by atoms with van der Waals surface area (Å²) in [7, 11) is 1.76. The largest absolute Gasteiger partial charge is 0.457 e. The number of hydrogen-bond acceptors (Lipinski definition) is 1. The fraction of sp³-hybridized carbons (Fsp3) is 1.00. The monoisotopic (exact) mass is 117 g/mol. The summed E-state index contributed by atoms with van der Waals surface area (Å²) in [6.07, 6.45) is 0. The third kappa shape index (κ3) is 4.39. The summed E-state index contributed by atoms with van der Waals surface area (Å²) in [5.41, 5.74) is 0. The minimum absolute atomic E-state index is 1.22. The molecule has 0 aliphatic rings. The highest BCUT2D eigenvalue weighted by Gasteiger charge is 2.08. The van der Waals surface area contributed by atoms with E-state index < -0.39 is 8.32 Å². The molecule has 0 aromatic carbocycles. The SMILES string of the molecule is C[Si](C)(C)O[Si]. The minimum atomic E-state index is -1.22. The molecule has 0 aliphatic carbocycles. The van der Waals surface area contributed by atoms with Gasteiger partial charge in [-0.2, -0.15) is 0 Å². The molecular weight excluding hydrogens is 108 g/mol. The zero-order chi connectivity index (χ0) is 5.21. The van der Waals surface area contributed by atoms with Crippen molar-refractivity contribution in [3.05, 3.63) is 0 Å². The van der Waals surface area contributed by atoms with Crippen LogP contribution in [0.1, 0.15) is 0 Å². The van der Waals surface area contributed by atoms with Gasteiger partial charge in [0.05, 0.1) is 0 Å². The number of hydrogen-bond donors (Lipinski definition) is 0. The molecule has 3 heteroatoms. The van der Waals surface area contributed by atoms with Gasteiger partial charge in [0, 0.05) is 0 Å². The highest BCUT2D eigenvalue weighted by molar-refractivity contribution is 6.72. The quantitative estimate of drug-likeness (QED) is 0.464. The van der Waals surface area contributed by atoms with Crippen LogP contribution in [0.25, 0.3) is 0 Å². The van der Waals surface area contributed by atoms with E-state index in [1.165, 1.54) is 0 Å². The van der Waals surface area contributed by atoms with E-state index in [1.54, 1.807) is 0 Å². The van der Waals surface area contributed by atoms with Crippen LogP contribution in [-0.2, 0) is 4.12 Å². The van der Waals surface area contributed by atoms with E-state index in [-0.39, 0.29) is 0 Å². The van der Waals surface area contributed by atoms with Gasteiger partial charge in [-0.3, -0.25) is 0 Å². The van der Waals surface area contributed by atoms with Crippen LogP contribution in [0.2, 0.25) is 19.6 Å². The van der Waals surface area contributed by atoms with Gasteiger partial charge in [0.1, 0.15) is 0 Å². The van der Waals surface area contributed by atoms with Gasteiger partial charge in [0.25, 0.3) is 0 Å². The predicted molar refractivity (Wildman–Crippen MR) is 30.2 cm³/mol. The third-order valence-corrected chi connectivity index (χ3v) is 2.76. The first-order valence-electron chi connectivity index (χ1n) is 1.91. The molecule has 0 spiro atoms. The maximum Gasteiger partial charge on any atom is 0.230 e. The van der Waals surface area contributed by atoms with Crippen molar-refractivity contribution in [3.8, 4) is 0 Å². The smallest absolute Gasteiger partial charge is 0.230 e. The summed E-state index contributed by atoms with van der Waals surface area (Å²) >= 11 is 0. The standard InChI is InChI=1S/C3H9OSi2/c1-6(2,3)4-5/h1-3H3. The maximum atomic E-state index is 4.88. The van der Waals surface area contributed by atoms with Crippen LogP contribution in [0.5, 0.6) is 0 Å². The molecule has 1 nitrogen and oxygen atoms in total. The van der Waals surface area contributed by atoms with Crippen molar-refractivity contribution in [2.24, 2.45) is 0 Å². The lowest BCUT2D eigenvalue weighted by Crippen LogP contribution is -2.23. The van der Waals surface area contributed by atoms with Gasteiger partial charge in [-0.15, -0.1) is 0 Å². The molecule has 0 aromatic heterocycles. The second-order valence-corrected chi connectivity index (χ2v) is 7.26. The summed E-state index contributed by atoms with van der Waals surface area (Å²) in [4.78, 5) is 0. The Balaban J connectivity index is 3.17. The average Bonchev–Trinajstić information content (AvgIpc) is 1.35. The molecule has 0 saturated heterocycles. The van der Waals surface area contributed by atoms with E-state index in [4.69, 9.17) is 4.12 Å².